The maximum Gasteiger partial charge on any atom is 0.222 e. The summed E-state index contributed by atoms with van der Waals surface area (Å²) in [5.41, 5.74) is -0.671. The SMILES string of the molecule is CC(=O)Nc1cc(Nc2cncc(C(C)(C)F)n2)c(-c2ncc(F)cn2)cn1. The lowest BCUT2D eigenvalue weighted by Crippen LogP contribution is -2.13. The molecule has 3 rings (SSSR count). The molecule has 0 radical (unpaired) electrons. The number of nitrogens with zero attached hydrogens (tertiary/aromatic N) is 5. The fourth-order valence-electron chi connectivity index (χ4n) is 2.29. The van der Waals surface area contributed by atoms with Crippen molar-refractivity contribution in [1.82, 2.24) is 24.9 Å². The third-order valence-corrected chi connectivity index (χ3v) is 3.58. The largest absolute Gasteiger partial charge is 0.338 e. The van der Waals surface area contributed by atoms with E-state index in [1.54, 1.807) is 6.07 Å². The molecule has 0 fully saturated rings. The third kappa shape index (κ3) is 4.58. The molecule has 8 nitrogen and oxygen atoms in total. The summed E-state index contributed by atoms with van der Waals surface area (Å²) in [7, 11) is 0. The number of alkyl halides is 1. The maximum absolute atomic E-state index is 14.2. The average molecular weight is 385 g/mol. The van der Waals surface area contributed by atoms with Crippen molar-refractivity contribution < 1.29 is 13.6 Å². The number of hydrogen-bond acceptors (Lipinski definition) is 7. The molecule has 0 bridgehead atoms. The summed E-state index contributed by atoms with van der Waals surface area (Å²) in [5, 5.41) is 5.57. The van der Waals surface area contributed by atoms with Crippen LogP contribution in [0.5, 0.6) is 0 Å². The van der Waals surface area contributed by atoms with Gasteiger partial charge in [-0.15, -0.1) is 0 Å². The Labute approximate surface area is 159 Å². The molecule has 0 unspecified atom stereocenters. The van der Waals surface area contributed by atoms with Crippen LogP contribution in [0.3, 0.4) is 0 Å². The van der Waals surface area contributed by atoms with Gasteiger partial charge >= 0.3 is 0 Å². The summed E-state index contributed by atoms with van der Waals surface area (Å²) in [6.45, 7) is 4.10. The van der Waals surface area contributed by atoms with Gasteiger partial charge in [0.1, 0.15) is 17.3 Å². The Morgan fingerprint density at radius 1 is 1.04 bits per heavy atom. The molecule has 0 saturated heterocycles. The van der Waals surface area contributed by atoms with E-state index in [1.165, 1.54) is 39.4 Å². The molecule has 0 saturated carbocycles. The van der Waals surface area contributed by atoms with Crippen LogP contribution in [-0.4, -0.2) is 30.8 Å². The van der Waals surface area contributed by atoms with Crippen molar-refractivity contribution in [1.29, 1.82) is 0 Å². The Morgan fingerprint density at radius 3 is 2.39 bits per heavy atom. The first-order valence-electron chi connectivity index (χ1n) is 8.26. The summed E-state index contributed by atoms with van der Waals surface area (Å²) in [6, 6.07) is 1.54. The van der Waals surface area contributed by atoms with Crippen LogP contribution >= 0.6 is 0 Å². The highest BCUT2D eigenvalue weighted by atomic mass is 19.1. The van der Waals surface area contributed by atoms with Crippen LogP contribution in [0.1, 0.15) is 26.5 Å². The lowest BCUT2D eigenvalue weighted by atomic mass is 10.1. The highest BCUT2D eigenvalue weighted by Gasteiger charge is 2.21. The lowest BCUT2D eigenvalue weighted by Gasteiger charge is -2.16. The van der Waals surface area contributed by atoms with Gasteiger partial charge in [0.2, 0.25) is 5.91 Å². The summed E-state index contributed by atoms with van der Waals surface area (Å²) < 4.78 is 27.3. The van der Waals surface area contributed by atoms with Crippen LogP contribution in [0.4, 0.5) is 26.1 Å². The van der Waals surface area contributed by atoms with Gasteiger partial charge in [0.15, 0.2) is 11.6 Å². The second-order valence-electron chi connectivity index (χ2n) is 6.41. The van der Waals surface area contributed by atoms with Gasteiger partial charge in [0.25, 0.3) is 0 Å². The molecule has 0 aliphatic carbocycles. The van der Waals surface area contributed by atoms with Crippen molar-refractivity contribution in [3.8, 4) is 11.4 Å². The Morgan fingerprint density at radius 2 is 1.75 bits per heavy atom. The summed E-state index contributed by atoms with van der Waals surface area (Å²) in [4.78, 5) is 31.6. The van der Waals surface area contributed by atoms with E-state index in [0.717, 1.165) is 12.4 Å². The highest BCUT2D eigenvalue weighted by molar-refractivity contribution is 5.89. The van der Waals surface area contributed by atoms with E-state index in [4.69, 9.17) is 0 Å². The Bertz CT molecular complexity index is 1000. The van der Waals surface area contributed by atoms with E-state index in [2.05, 4.69) is 35.6 Å². The number of carbonyl (C=O) groups is 1. The number of rotatable bonds is 5. The minimum atomic E-state index is -1.67. The third-order valence-electron chi connectivity index (χ3n) is 3.58. The average Bonchev–Trinajstić information content (AvgIpc) is 2.62. The molecular formula is C18H17F2N7O. The van der Waals surface area contributed by atoms with Gasteiger partial charge in [-0.2, -0.15) is 0 Å². The van der Waals surface area contributed by atoms with Crippen LogP contribution in [-0.2, 0) is 10.5 Å². The minimum absolute atomic E-state index is 0.147. The standard InChI is InChI=1S/C18H17F2N7O/c1-10(28)25-15-4-13(12(7-22-15)17-23-5-11(19)6-24-17)26-16-9-21-8-14(27-16)18(2,3)20/h4-9H,1-3H3,(H2,22,25,26,27,28). The monoisotopic (exact) mass is 385 g/mol. The zero-order chi connectivity index (χ0) is 20.3. The molecular weight excluding hydrogens is 368 g/mol. The number of anilines is 3. The van der Waals surface area contributed by atoms with E-state index in [-0.39, 0.29) is 29.1 Å². The molecule has 2 N–H and O–H groups in total. The number of nitrogens with one attached hydrogen (secondary N) is 2. The molecule has 0 aliphatic heterocycles. The predicted molar refractivity (Wildman–Crippen MR) is 99.0 cm³/mol. The van der Waals surface area contributed by atoms with Gasteiger partial charge in [0.05, 0.1) is 41.7 Å². The fraction of sp³-hybridized carbons (Fsp3) is 0.222. The van der Waals surface area contributed by atoms with Gasteiger partial charge in [-0.1, -0.05) is 0 Å². The van der Waals surface area contributed by atoms with E-state index >= 15 is 0 Å². The number of amides is 1. The van der Waals surface area contributed by atoms with Crippen LogP contribution in [0.25, 0.3) is 11.4 Å². The molecule has 144 valence electrons. The maximum atomic E-state index is 14.2. The first-order chi connectivity index (χ1) is 13.2. The second kappa shape index (κ2) is 7.59. The molecule has 10 heteroatoms. The molecule has 0 aliphatic rings. The first kappa shape index (κ1) is 19.2. The van der Waals surface area contributed by atoms with Gasteiger partial charge < -0.3 is 10.6 Å². The second-order valence-corrected chi connectivity index (χ2v) is 6.41. The van der Waals surface area contributed by atoms with Crippen molar-refractivity contribution in [3.05, 3.63) is 48.6 Å². The Hall–Kier alpha value is -3.56. The zero-order valence-electron chi connectivity index (χ0n) is 15.4. The predicted octanol–water partition coefficient (Wildman–Crippen LogP) is 3.37. The molecule has 3 aromatic rings. The van der Waals surface area contributed by atoms with E-state index in [0.29, 0.717) is 11.3 Å². The van der Waals surface area contributed by atoms with Crippen molar-refractivity contribution in [2.45, 2.75) is 26.4 Å². The zero-order valence-corrected chi connectivity index (χ0v) is 15.4. The normalized spacial score (nSPS) is 11.2. The van der Waals surface area contributed by atoms with Gasteiger partial charge in [-0.05, 0) is 13.8 Å². The number of carbonyl (C=O) groups excluding carboxylic acids is 1. The van der Waals surface area contributed by atoms with E-state index in [1.807, 2.05) is 0 Å². The summed E-state index contributed by atoms with van der Waals surface area (Å²) >= 11 is 0. The van der Waals surface area contributed by atoms with Crippen molar-refractivity contribution in [2.24, 2.45) is 0 Å². The molecule has 0 spiro atoms. The Kier molecular flexibility index (Phi) is 5.21. The number of halogens is 2. The van der Waals surface area contributed by atoms with Crippen LogP contribution in [0.2, 0.25) is 0 Å². The van der Waals surface area contributed by atoms with E-state index < -0.39 is 11.5 Å². The number of hydrogen-bond donors (Lipinski definition) is 2. The van der Waals surface area contributed by atoms with Crippen molar-refractivity contribution >= 4 is 23.2 Å². The number of pyridine rings is 1. The fourth-order valence-corrected chi connectivity index (χ4v) is 2.29. The topological polar surface area (TPSA) is 106 Å². The molecule has 28 heavy (non-hydrogen) atoms. The highest BCUT2D eigenvalue weighted by Crippen LogP contribution is 2.30. The van der Waals surface area contributed by atoms with Gasteiger partial charge in [-0.25, -0.2) is 28.7 Å². The van der Waals surface area contributed by atoms with Gasteiger partial charge in [-0.3, -0.25) is 9.78 Å². The Balaban J connectivity index is 2.03. The molecule has 3 aromatic heterocycles. The summed E-state index contributed by atoms with van der Waals surface area (Å²) in [5.74, 6) is -0.127. The lowest BCUT2D eigenvalue weighted by molar-refractivity contribution is -0.114. The minimum Gasteiger partial charge on any atom is -0.338 e. The summed E-state index contributed by atoms with van der Waals surface area (Å²) in [6.07, 6.45) is 6.24. The van der Waals surface area contributed by atoms with Gasteiger partial charge in [0, 0.05) is 19.2 Å². The smallest absolute Gasteiger partial charge is 0.222 e. The van der Waals surface area contributed by atoms with Crippen LogP contribution in [0.15, 0.2) is 37.1 Å². The molecule has 0 aromatic carbocycles. The first-order valence-corrected chi connectivity index (χ1v) is 8.26. The van der Waals surface area contributed by atoms with Crippen molar-refractivity contribution in [2.75, 3.05) is 10.6 Å². The van der Waals surface area contributed by atoms with E-state index in [9.17, 15) is 13.6 Å². The number of aromatic nitrogens is 5. The molecule has 1 amide bonds. The van der Waals surface area contributed by atoms with Crippen LogP contribution < -0.4 is 10.6 Å². The van der Waals surface area contributed by atoms with Crippen molar-refractivity contribution in [3.63, 3.8) is 0 Å². The molecule has 0 atom stereocenters. The molecule has 3 heterocycles. The van der Waals surface area contributed by atoms with Crippen LogP contribution in [0, 0.1) is 5.82 Å². The quantitative estimate of drug-likeness (QED) is 0.693.